The van der Waals surface area contributed by atoms with E-state index in [1.807, 2.05) is 13.8 Å². The summed E-state index contributed by atoms with van der Waals surface area (Å²) in [6, 6.07) is 10.4. The van der Waals surface area contributed by atoms with Crippen LogP contribution in [0.15, 0.2) is 52.4 Å². The van der Waals surface area contributed by atoms with E-state index in [1.165, 1.54) is 36.0 Å². The van der Waals surface area contributed by atoms with Crippen LogP contribution in [0.5, 0.6) is 0 Å². The standard InChI is InChI=1S/C20H18F2N4OS/c1-12(2)10-25-18(27)16-9-15(22)7-8-17(16)26-19(25)23-24-20(26)28-11-13-3-5-14(21)6-4-13/h3-9,12H,10-11H2,1-2H3. The van der Waals surface area contributed by atoms with Gasteiger partial charge in [-0.05, 0) is 41.8 Å². The van der Waals surface area contributed by atoms with Crippen LogP contribution in [-0.4, -0.2) is 19.2 Å². The number of aromatic nitrogens is 4. The molecule has 0 N–H and O–H groups in total. The van der Waals surface area contributed by atoms with Crippen molar-refractivity contribution in [3.63, 3.8) is 0 Å². The lowest BCUT2D eigenvalue weighted by molar-refractivity contribution is 0.517. The van der Waals surface area contributed by atoms with Gasteiger partial charge in [-0.1, -0.05) is 37.7 Å². The minimum atomic E-state index is -0.464. The summed E-state index contributed by atoms with van der Waals surface area (Å²) in [4.78, 5) is 12.9. The van der Waals surface area contributed by atoms with Crippen LogP contribution in [0.2, 0.25) is 0 Å². The number of hydrogen-bond acceptors (Lipinski definition) is 4. The average Bonchev–Trinajstić information content (AvgIpc) is 3.08. The van der Waals surface area contributed by atoms with Gasteiger partial charge in [-0.25, -0.2) is 8.78 Å². The molecule has 0 spiro atoms. The normalized spacial score (nSPS) is 11.8. The predicted octanol–water partition coefficient (Wildman–Crippen LogP) is 4.27. The van der Waals surface area contributed by atoms with Gasteiger partial charge >= 0.3 is 0 Å². The third-order valence-corrected chi connectivity index (χ3v) is 5.36. The molecular weight excluding hydrogens is 382 g/mol. The highest BCUT2D eigenvalue weighted by atomic mass is 32.2. The molecular formula is C20H18F2N4OS. The van der Waals surface area contributed by atoms with E-state index in [-0.39, 0.29) is 22.7 Å². The molecule has 144 valence electrons. The van der Waals surface area contributed by atoms with Gasteiger partial charge in [0.2, 0.25) is 5.78 Å². The summed E-state index contributed by atoms with van der Waals surface area (Å²) in [7, 11) is 0. The third-order valence-electron chi connectivity index (χ3n) is 4.36. The van der Waals surface area contributed by atoms with E-state index in [9.17, 15) is 13.6 Å². The number of benzene rings is 2. The van der Waals surface area contributed by atoms with Crippen LogP contribution >= 0.6 is 11.8 Å². The quantitative estimate of drug-likeness (QED) is 0.470. The summed E-state index contributed by atoms with van der Waals surface area (Å²) in [5, 5.41) is 9.37. The molecule has 2 heterocycles. The van der Waals surface area contributed by atoms with E-state index in [1.54, 1.807) is 27.2 Å². The molecule has 0 aliphatic heterocycles. The molecule has 0 aliphatic carbocycles. The molecule has 28 heavy (non-hydrogen) atoms. The Kier molecular flexibility index (Phi) is 4.89. The molecule has 0 bridgehead atoms. The maximum atomic E-state index is 13.8. The van der Waals surface area contributed by atoms with Crippen LogP contribution in [0.4, 0.5) is 8.78 Å². The van der Waals surface area contributed by atoms with Gasteiger partial charge in [-0.15, -0.1) is 10.2 Å². The predicted molar refractivity (Wildman–Crippen MR) is 106 cm³/mol. The Morgan fingerprint density at radius 3 is 2.46 bits per heavy atom. The van der Waals surface area contributed by atoms with Crippen LogP contribution < -0.4 is 5.56 Å². The highest BCUT2D eigenvalue weighted by Crippen LogP contribution is 2.25. The average molecular weight is 400 g/mol. The summed E-state index contributed by atoms with van der Waals surface area (Å²) < 4.78 is 30.2. The van der Waals surface area contributed by atoms with Crippen LogP contribution in [0, 0.1) is 17.6 Å². The van der Waals surface area contributed by atoms with Crippen molar-refractivity contribution < 1.29 is 8.78 Å². The lowest BCUT2D eigenvalue weighted by Crippen LogP contribution is -2.25. The molecule has 0 saturated carbocycles. The van der Waals surface area contributed by atoms with Crippen molar-refractivity contribution in [2.45, 2.75) is 31.3 Å². The van der Waals surface area contributed by atoms with Gasteiger partial charge in [0.05, 0.1) is 10.9 Å². The van der Waals surface area contributed by atoms with E-state index < -0.39 is 5.82 Å². The molecule has 2 aromatic heterocycles. The molecule has 2 aromatic carbocycles. The summed E-state index contributed by atoms with van der Waals surface area (Å²) in [6.07, 6.45) is 0. The van der Waals surface area contributed by atoms with Crippen LogP contribution in [0.25, 0.3) is 16.7 Å². The van der Waals surface area contributed by atoms with Crippen LogP contribution in [-0.2, 0) is 12.3 Å². The van der Waals surface area contributed by atoms with Crippen molar-refractivity contribution in [3.05, 3.63) is 70.0 Å². The van der Waals surface area contributed by atoms with Gasteiger partial charge < -0.3 is 0 Å². The minimum absolute atomic E-state index is 0.208. The van der Waals surface area contributed by atoms with Crippen molar-refractivity contribution in [3.8, 4) is 0 Å². The summed E-state index contributed by atoms with van der Waals surface area (Å²) in [5.74, 6) is 0.451. The summed E-state index contributed by atoms with van der Waals surface area (Å²) in [5.41, 5.74) is 1.22. The first-order valence-corrected chi connectivity index (χ1v) is 9.87. The lowest BCUT2D eigenvalue weighted by Gasteiger charge is -2.13. The summed E-state index contributed by atoms with van der Waals surface area (Å²) in [6.45, 7) is 4.45. The minimum Gasteiger partial charge on any atom is -0.276 e. The second-order valence-corrected chi connectivity index (χ2v) is 7.95. The monoisotopic (exact) mass is 400 g/mol. The Balaban J connectivity index is 1.86. The van der Waals surface area contributed by atoms with E-state index in [2.05, 4.69) is 10.2 Å². The van der Waals surface area contributed by atoms with Gasteiger partial charge in [0.15, 0.2) is 5.16 Å². The van der Waals surface area contributed by atoms with Crippen molar-refractivity contribution in [1.29, 1.82) is 0 Å². The molecule has 0 unspecified atom stereocenters. The van der Waals surface area contributed by atoms with Gasteiger partial charge in [0, 0.05) is 12.3 Å². The lowest BCUT2D eigenvalue weighted by atomic mass is 10.2. The number of rotatable bonds is 5. The fourth-order valence-corrected chi connectivity index (χ4v) is 4.01. The first kappa shape index (κ1) is 18.6. The third kappa shape index (κ3) is 3.40. The number of nitrogens with zero attached hydrogens (tertiary/aromatic N) is 4. The Morgan fingerprint density at radius 2 is 1.75 bits per heavy atom. The second kappa shape index (κ2) is 7.35. The number of halogens is 2. The molecule has 5 nitrogen and oxygen atoms in total. The maximum Gasteiger partial charge on any atom is 0.262 e. The summed E-state index contributed by atoms with van der Waals surface area (Å²) >= 11 is 1.43. The van der Waals surface area contributed by atoms with Crippen molar-refractivity contribution in [2.75, 3.05) is 0 Å². The van der Waals surface area contributed by atoms with E-state index >= 15 is 0 Å². The van der Waals surface area contributed by atoms with Crippen LogP contribution in [0.1, 0.15) is 19.4 Å². The fraction of sp³-hybridized carbons (Fsp3) is 0.250. The zero-order valence-corrected chi connectivity index (χ0v) is 16.2. The molecule has 0 radical (unpaired) electrons. The fourth-order valence-electron chi connectivity index (χ4n) is 3.11. The molecule has 8 heteroatoms. The largest absolute Gasteiger partial charge is 0.276 e. The molecule has 0 aliphatic rings. The molecule has 0 amide bonds. The molecule has 0 atom stereocenters. The molecule has 0 fully saturated rings. The van der Waals surface area contributed by atoms with Crippen LogP contribution in [0.3, 0.4) is 0 Å². The molecule has 4 rings (SSSR count). The smallest absolute Gasteiger partial charge is 0.262 e. The zero-order chi connectivity index (χ0) is 19.8. The van der Waals surface area contributed by atoms with Gasteiger partial charge in [-0.3, -0.25) is 13.8 Å². The second-order valence-electron chi connectivity index (χ2n) is 7.00. The van der Waals surface area contributed by atoms with Crippen molar-refractivity contribution >= 4 is 28.4 Å². The maximum absolute atomic E-state index is 13.8. The molecule has 4 aromatic rings. The van der Waals surface area contributed by atoms with Gasteiger partial charge in [0.1, 0.15) is 11.6 Å². The Bertz CT molecular complexity index is 1220. The molecule has 0 saturated heterocycles. The van der Waals surface area contributed by atoms with Crippen molar-refractivity contribution in [2.24, 2.45) is 5.92 Å². The van der Waals surface area contributed by atoms with E-state index in [0.29, 0.717) is 28.7 Å². The topological polar surface area (TPSA) is 52.2 Å². The first-order valence-electron chi connectivity index (χ1n) is 8.88. The Labute approximate surface area is 164 Å². The SMILES string of the molecule is CC(C)Cn1c(=O)c2cc(F)ccc2n2c(SCc3ccc(F)cc3)nnc12. The van der Waals surface area contributed by atoms with E-state index in [0.717, 1.165) is 5.56 Å². The van der Waals surface area contributed by atoms with E-state index in [4.69, 9.17) is 0 Å². The van der Waals surface area contributed by atoms with Gasteiger partial charge in [0.25, 0.3) is 5.56 Å². The number of thioether (sulfide) groups is 1. The zero-order valence-electron chi connectivity index (χ0n) is 15.4. The number of hydrogen-bond donors (Lipinski definition) is 0. The highest BCUT2D eigenvalue weighted by Gasteiger charge is 2.18. The Morgan fingerprint density at radius 1 is 1.04 bits per heavy atom. The highest BCUT2D eigenvalue weighted by molar-refractivity contribution is 7.98. The Hall–Kier alpha value is -2.74. The number of fused-ring (bicyclic) bond motifs is 3. The van der Waals surface area contributed by atoms with Crippen molar-refractivity contribution in [1.82, 2.24) is 19.2 Å². The first-order chi connectivity index (χ1) is 13.4. The van der Waals surface area contributed by atoms with Gasteiger partial charge in [-0.2, -0.15) is 0 Å².